The second-order valence-electron chi connectivity index (χ2n) is 5.38. The van der Waals surface area contributed by atoms with Gasteiger partial charge in [-0.25, -0.2) is 0 Å². The van der Waals surface area contributed by atoms with Crippen molar-refractivity contribution < 1.29 is 4.79 Å². The number of nitrogens with one attached hydrogen (secondary N) is 2. The summed E-state index contributed by atoms with van der Waals surface area (Å²) in [4.78, 5) is 12.0. The van der Waals surface area contributed by atoms with E-state index in [0.29, 0.717) is 0 Å². The molecule has 0 aliphatic carbocycles. The molecule has 118 valence electrons. The second kappa shape index (κ2) is 10.1. The average molecular weight is 329 g/mol. The Bertz CT molecular complexity index is 410. The quantitative estimate of drug-likeness (QED) is 0.808. The van der Waals surface area contributed by atoms with Crippen LogP contribution in [-0.4, -0.2) is 30.8 Å². The molecule has 1 amide bonds. The first kappa shape index (κ1) is 18.3. The zero-order valence-electron chi connectivity index (χ0n) is 12.5. The van der Waals surface area contributed by atoms with E-state index in [2.05, 4.69) is 22.8 Å². The Hall–Kier alpha value is -0.710. The fourth-order valence-corrected chi connectivity index (χ4v) is 3.24. The monoisotopic (exact) mass is 328 g/mol. The minimum Gasteiger partial charge on any atom is -0.355 e. The number of carbonyl (C=O) groups is 1. The van der Waals surface area contributed by atoms with Gasteiger partial charge in [0.25, 0.3) is 0 Å². The Morgan fingerprint density at radius 1 is 1.43 bits per heavy atom. The molecular formula is C16H25ClN2OS. The molecule has 1 aliphatic heterocycles. The first-order chi connectivity index (χ1) is 9.75. The highest BCUT2D eigenvalue weighted by molar-refractivity contribution is 7.99. The Morgan fingerprint density at radius 2 is 2.19 bits per heavy atom. The van der Waals surface area contributed by atoms with E-state index in [1.807, 2.05) is 25.1 Å². The van der Waals surface area contributed by atoms with Crippen molar-refractivity contribution in [3.05, 3.63) is 35.9 Å². The third kappa shape index (κ3) is 6.72. The zero-order chi connectivity index (χ0) is 14.2. The maximum absolute atomic E-state index is 12.0. The number of carbonyl (C=O) groups excluding carboxylic acids is 1. The van der Waals surface area contributed by atoms with Crippen LogP contribution < -0.4 is 10.6 Å². The molecule has 1 heterocycles. The van der Waals surface area contributed by atoms with Crippen molar-refractivity contribution in [2.75, 3.05) is 19.6 Å². The summed E-state index contributed by atoms with van der Waals surface area (Å²) in [5.41, 5.74) is 1.27. The summed E-state index contributed by atoms with van der Waals surface area (Å²) in [6.07, 6.45) is 2.34. The smallest absolute Gasteiger partial charge is 0.232 e. The van der Waals surface area contributed by atoms with Crippen LogP contribution >= 0.6 is 24.2 Å². The highest BCUT2D eigenvalue weighted by atomic mass is 35.5. The molecule has 1 aromatic carbocycles. The lowest BCUT2D eigenvalue weighted by atomic mass is 10.1. The molecule has 2 rings (SSSR count). The number of halogens is 1. The predicted octanol–water partition coefficient (Wildman–Crippen LogP) is 2.85. The molecule has 2 unspecified atom stereocenters. The van der Waals surface area contributed by atoms with E-state index in [0.717, 1.165) is 37.7 Å². The summed E-state index contributed by atoms with van der Waals surface area (Å²) in [7, 11) is 0. The normalized spacial score (nSPS) is 18.8. The summed E-state index contributed by atoms with van der Waals surface area (Å²) in [5.74, 6) is 1.79. The first-order valence-corrected chi connectivity index (χ1v) is 8.44. The molecule has 2 N–H and O–H groups in total. The number of thioether (sulfide) groups is 1. The van der Waals surface area contributed by atoms with E-state index < -0.39 is 0 Å². The van der Waals surface area contributed by atoms with E-state index in [-0.39, 0.29) is 23.6 Å². The van der Waals surface area contributed by atoms with Crippen LogP contribution in [0, 0.1) is 5.92 Å². The number of amides is 1. The van der Waals surface area contributed by atoms with Gasteiger partial charge in [0.05, 0.1) is 5.25 Å². The number of hydrogen-bond acceptors (Lipinski definition) is 3. The van der Waals surface area contributed by atoms with Crippen molar-refractivity contribution >= 4 is 30.1 Å². The lowest BCUT2D eigenvalue weighted by Gasteiger charge is -2.13. The van der Waals surface area contributed by atoms with Crippen molar-refractivity contribution in [3.8, 4) is 0 Å². The molecule has 0 spiro atoms. The molecule has 0 bridgehead atoms. The third-order valence-corrected chi connectivity index (χ3v) is 4.94. The standard InChI is InChI=1S/C16H24N2OS.ClH/c1-13(20-12-15-5-3-2-4-6-15)16(19)18-10-8-14-7-9-17-11-14;/h2-6,13-14,17H,7-12H2,1H3,(H,18,19);1H. The van der Waals surface area contributed by atoms with Crippen molar-refractivity contribution in [3.63, 3.8) is 0 Å². The highest BCUT2D eigenvalue weighted by Crippen LogP contribution is 2.17. The van der Waals surface area contributed by atoms with E-state index in [1.54, 1.807) is 11.8 Å². The van der Waals surface area contributed by atoms with E-state index in [1.165, 1.54) is 12.0 Å². The minimum atomic E-state index is 0. The van der Waals surface area contributed by atoms with Gasteiger partial charge in [-0.3, -0.25) is 4.79 Å². The van der Waals surface area contributed by atoms with Gasteiger partial charge < -0.3 is 10.6 Å². The Kier molecular flexibility index (Phi) is 8.81. The molecule has 1 saturated heterocycles. The SMILES string of the molecule is CC(SCc1ccccc1)C(=O)NCCC1CCNC1.Cl. The summed E-state index contributed by atoms with van der Waals surface area (Å²) < 4.78 is 0. The number of benzene rings is 1. The van der Waals surface area contributed by atoms with Gasteiger partial charge in [0.2, 0.25) is 5.91 Å². The number of rotatable bonds is 7. The van der Waals surface area contributed by atoms with Crippen LogP contribution in [0.2, 0.25) is 0 Å². The third-order valence-electron chi connectivity index (χ3n) is 3.73. The van der Waals surface area contributed by atoms with Gasteiger partial charge in [0, 0.05) is 12.3 Å². The van der Waals surface area contributed by atoms with Crippen LogP contribution in [0.15, 0.2) is 30.3 Å². The van der Waals surface area contributed by atoms with Crippen LogP contribution in [0.5, 0.6) is 0 Å². The van der Waals surface area contributed by atoms with Gasteiger partial charge in [-0.15, -0.1) is 24.2 Å². The topological polar surface area (TPSA) is 41.1 Å². The number of hydrogen-bond donors (Lipinski definition) is 2. The van der Waals surface area contributed by atoms with Gasteiger partial charge in [-0.1, -0.05) is 30.3 Å². The second-order valence-corrected chi connectivity index (χ2v) is 6.71. The molecule has 3 nitrogen and oxygen atoms in total. The molecule has 1 aromatic rings. The molecular weight excluding hydrogens is 304 g/mol. The fourth-order valence-electron chi connectivity index (χ4n) is 2.38. The molecule has 0 aromatic heterocycles. The highest BCUT2D eigenvalue weighted by Gasteiger charge is 2.16. The summed E-state index contributed by atoms with van der Waals surface area (Å²) in [6.45, 7) is 5.03. The van der Waals surface area contributed by atoms with Gasteiger partial charge >= 0.3 is 0 Å². The maximum atomic E-state index is 12.0. The average Bonchev–Trinajstić information content (AvgIpc) is 2.99. The molecule has 21 heavy (non-hydrogen) atoms. The van der Waals surface area contributed by atoms with E-state index in [9.17, 15) is 4.79 Å². The van der Waals surface area contributed by atoms with Crippen molar-refractivity contribution in [2.45, 2.75) is 30.8 Å². The van der Waals surface area contributed by atoms with Gasteiger partial charge in [-0.2, -0.15) is 0 Å². The van der Waals surface area contributed by atoms with Crippen LogP contribution in [-0.2, 0) is 10.5 Å². The summed E-state index contributed by atoms with van der Waals surface area (Å²) in [6, 6.07) is 10.3. The van der Waals surface area contributed by atoms with Crippen LogP contribution in [0.1, 0.15) is 25.3 Å². The molecule has 1 fully saturated rings. The van der Waals surface area contributed by atoms with Crippen molar-refractivity contribution in [1.82, 2.24) is 10.6 Å². The molecule has 5 heteroatoms. The summed E-state index contributed by atoms with van der Waals surface area (Å²) >= 11 is 1.70. The van der Waals surface area contributed by atoms with Crippen molar-refractivity contribution in [1.29, 1.82) is 0 Å². The molecule has 2 atom stereocenters. The Morgan fingerprint density at radius 3 is 2.86 bits per heavy atom. The molecule has 0 radical (unpaired) electrons. The predicted molar refractivity (Wildman–Crippen MR) is 93.1 cm³/mol. The van der Waals surface area contributed by atoms with Crippen LogP contribution in [0.3, 0.4) is 0 Å². The first-order valence-electron chi connectivity index (χ1n) is 7.39. The molecule has 1 aliphatic rings. The van der Waals surface area contributed by atoms with E-state index in [4.69, 9.17) is 0 Å². The lowest BCUT2D eigenvalue weighted by molar-refractivity contribution is -0.120. The van der Waals surface area contributed by atoms with Gasteiger partial charge in [0.1, 0.15) is 0 Å². The zero-order valence-corrected chi connectivity index (χ0v) is 14.1. The van der Waals surface area contributed by atoms with Gasteiger partial charge in [-0.05, 0) is 44.3 Å². The van der Waals surface area contributed by atoms with Gasteiger partial charge in [0.15, 0.2) is 0 Å². The van der Waals surface area contributed by atoms with Crippen molar-refractivity contribution in [2.24, 2.45) is 5.92 Å². The fraction of sp³-hybridized carbons (Fsp3) is 0.562. The summed E-state index contributed by atoms with van der Waals surface area (Å²) in [5, 5.41) is 6.42. The molecule has 0 saturated carbocycles. The largest absolute Gasteiger partial charge is 0.355 e. The Labute approximate surface area is 138 Å². The minimum absolute atomic E-state index is 0. The Balaban J connectivity index is 0.00000220. The van der Waals surface area contributed by atoms with E-state index >= 15 is 0 Å². The maximum Gasteiger partial charge on any atom is 0.232 e. The van der Waals surface area contributed by atoms with Crippen LogP contribution in [0.25, 0.3) is 0 Å². The lowest BCUT2D eigenvalue weighted by Crippen LogP contribution is -2.32. The van der Waals surface area contributed by atoms with Crippen LogP contribution in [0.4, 0.5) is 0 Å².